The Bertz CT molecular complexity index is 373. The number of nitrogens with one attached hydrogen (secondary N) is 1. The monoisotopic (exact) mass is 293 g/mol. The van der Waals surface area contributed by atoms with E-state index < -0.39 is 0 Å². The highest BCUT2D eigenvalue weighted by molar-refractivity contribution is 5.29. The quantitative estimate of drug-likeness (QED) is 0.702. The molecule has 0 saturated carbocycles. The lowest BCUT2D eigenvalue weighted by Gasteiger charge is -2.20. The Hall–Kier alpha value is -1.06. The van der Waals surface area contributed by atoms with Gasteiger partial charge in [0.2, 0.25) is 0 Å². The van der Waals surface area contributed by atoms with Crippen LogP contribution in [0.5, 0.6) is 5.75 Å². The summed E-state index contributed by atoms with van der Waals surface area (Å²) in [5, 5.41) is 3.55. The molecule has 1 unspecified atom stereocenters. The van der Waals surface area contributed by atoms with Crippen LogP contribution in [-0.2, 0) is 4.74 Å². The highest BCUT2D eigenvalue weighted by atomic mass is 16.5. The summed E-state index contributed by atoms with van der Waals surface area (Å²) in [4.78, 5) is 0. The molecule has 1 aromatic carbocycles. The van der Waals surface area contributed by atoms with E-state index in [0.29, 0.717) is 12.5 Å². The Morgan fingerprint density at radius 1 is 1.00 bits per heavy atom. The minimum absolute atomic E-state index is 0.208. The van der Waals surface area contributed by atoms with Crippen molar-refractivity contribution in [2.75, 3.05) is 19.8 Å². The van der Waals surface area contributed by atoms with Gasteiger partial charge in [-0.3, -0.25) is 0 Å². The molecule has 0 amide bonds. The fraction of sp³-hybridized carbons (Fsp3) is 0.667. The zero-order valence-corrected chi connectivity index (χ0v) is 14.2. The molecule has 0 aromatic heterocycles. The van der Waals surface area contributed by atoms with Crippen molar-refractivity contribution >= 4 is 0 Å². The molecule has 1 atom stereocenters. The molecule has 1 N–H and O–H groups in total. The van der Waals surface area contributed by atoms with Crippen molar-refractivity contribution in [3.63, 3.8) is 0 Å². The van der Waals surface area contributed by atoms with Crippen LogP contribution in [0, 0.1) is 5.92 Å². The van der Waals surface area contributed by atoms with Gasteiger partial charge >= 0.3 is 0 Å². The van der Waals surface area contributed by atoms with Gasteiger partial charge in [0.25, 0.3) is 0 Å². The molecule has 0 aliphatic rings. The third-order valence-corrected chi connectivity index (χ3v) is 3.03. The van der Waals surface area contributed by atoms with Gasteiger partial charge in [-0.2, -0.15) is 0 Å². The van der Waals surface area contributed by atoms with Gasteiger partial charge in [0.05, 0.1) is 18.8 Å². The van der Waals surface area contributed by atoms with Crippen molar-refractivity contribution in [2.45, 2.75) is 53.2 Å². The first-order valence-corrected chi connectivity index (χ1v) is 8.10. The van der Waals surface area contributed by atoms with E-state index in [-0.39, 0.29) is 12.1 Å². The molecule has 3 nitrogen and oxygen atoms in total. The van der Waals surface area contributed by atoms with Gasteiger partial charge in [-0.25, -0.2) is 0 Å². The molecular formula is C18H31NO2. The SMILES string of the molecule is CCCNC(COCC(C)C)c1ccc(OC(C)C)cc1. The number of rotatable bonds is 10. The average molecular weight is 293 g/mol. The van der Waals surface area contributed by atoms with Crippen molar-refractivity contribution in [2.24, 2.45) is 5.92 Å². The van der Waals surface area contributed by atoms with Crippen molar-refractivity contribution in [3.05, 3.63) is 29.8 Å². The first-order valence-electron chi connectivity index (χ1n) is 8.10. The van der Waals surface area contributed by atoms with Crippen LogP contribution in [0.4, 0.5) is 0 Å². The Labute approximate surface area is 130 Å². The van der Waals surface area contributed by atoms with Gasteiger partial charge in [0.15, 0.2) is 0 Å². The van der Waals surface area contributed by atoms with Crippen LogP contribution in [0.3, 0.4) is 0 Å². The van der Waals surface area contributed by atoms with Crippen molar-refractivity contribution < 1.29 is 9.47 Å². The van der Waals surface area contributed by atoms with E-state index in [1.165, 1.54) is 5.56 Å². The maximum absolute atomic E-state index is 5.81. The van der Waals surface area contributed by atoms with Crippen LogP contribution in [0.1, 0.15) is 52.6 Å². The fourth-order valence-electron chi connectivity index (χ4n) is 2.06. The molecule has 21 heavy (non-hydrogen) atoms. The van der Waals surface area contributed by atoms with Gasteiger partial charge < -0.3 is 14.8 Å². The van der Waals surface area contributed by atoms with Crippen LogP contribution < -0.4 is 10.1 Å². The molecule has 0 fully saturated rings. The molecule has 0 aliphatic heterocycles. The van der Waals surface area contributed by atoms with E-state index in [2.05, 4.69) is 38.2 Å². The molecule has 1 rings (SSSR count). The summed E-state index contributed by atoms with van der Waals surface area (Å²) in [6.45, 7) is 13.1. The lowest BCUT2D eigenvalue weighted by molar-refractivity contribution is 0.0901. The van der Waals surface area contributed by atoms with Crippen LogP contribution in [0.2, 0.25) is 0 Å². The van der Waals surface area contributed by atoms with E-state index in [9.17, 15) is 0 Å². The molecule has 0 bridgehead atoms. The molecule has 3 heteroatoms. The topological polar surface area (TPSA) is 30.5 Å². The van der Waals surface area contributed by atoms with Gasteiger partial charge in [-0.05, 0) is 50.4 Å². The minimum Gasteiger partial charge on any atom is -0.491 e. The maximum Gasteiger partial charge on any atom is 0.119 e. The van der Waals surface area contributed by atoms with Crippen molar-refractivity contribution in [1.82, 2.24) is 5.32 Å². The highest BCUT2D eigenvalue weighted by Gasteiger charge is 2.11. The van der Waals surface area contributed by atoms with Crippen molar-refractivity contribution in [1.29, 1.82) is 0 Å². The Kier molecular flexibility index (Phi) is 8.40. The average Bonchev–Trinajstić information content (AvgIpc) is 2.42. The second-order valence-electron chi connectivity index (χ2n) is 6.17. The maximum atomic E-state index is 5.81. The van der Waals surface area contributed by atoms with E-state index >= 15 is 0 Å². The zero-order chi connectivity index (χ0) is 15.7. The normalized spacial score (nSPS) is 12.9. The van der Waals surface area contributed by atoms with Gasteiger partial charge in [0, 0.05) is 6.61 Å². The molecule has 0 saturated heterocycles. The summed E-state index contributed by atoms with van der Waals surface area (Å²) < 4.78 is 11.5. The molecule has 1 aromatic rings. The number of hydrogen-bond acceptors (Lipinski definition) is 3. The molecule has 0 spiro atoms. The van der Waals surface area contributed by atoms with Crippen LogP contribution in [0.25, 0.3) is 0 Å². The first-order chi connectivity index (χ1) is 10.0. The Morgan fingerprint density at radius 3 is 2.19 bits per heavy atom. The van der Waals surface area contributed by atoms with E-state index in [1.807, 2.05) is 26.0 Å². The summed E-state index contributed by atoms with van der Waals surface area (Å²) in [5.41, 5.74) is 1.25. The zero-order valence-electron chi connectivity index (χ0n) is 14.2. The van der Waals surface area contributed by atoms with Crippen LogP contribution in [-0.4, -0.2) is 25.9 Å². The van der Waals surface area contributed by atoms with Crippen LogP contribution >= 0.6 is 0 Å². The fourth-order valence-corrected chi connectivity index (χ4v) is 2.06. The standard InChI is InChI=1S/C18H31NO2/c1-6-11-19-18(13-20-12-14(2)3)16-7-9-17(10-8-16)21-15(4)5/h7-10,14-15,18-19H,6,11-13H2,1-5H3. The number of ether oxygens (including phenoxy) is 2. The first kappa shape index (κ1) is 18.0. The molecule has 120 valence electrons. The largest absolute Gasteiger partial charge is 0.491 e. The molecular weight excluding hydrogens is 262 g/mol. The Morgan fingerprint density at radius 2 is 1.67 bits per heavy atom. The minimum atomic E-state index is 0.208. The number of benzene rings is 1. The van der Waals surface area contributed by atoms with E-state index in [1.54, 1.807) is 0 Å². The molecule has 0 radical (unpaired) electrons. The third kappa shape index (κ3) is 7.49. The predicted octanol–water partition coefficient (Wildman–Crippen LogP) is 4.19. The van der Waals surface area contributed by atoms with Crippen LogP contribution in [0.15, 0.2) is 24.3 Å². The lowest BCUT2D eigenvalue weighted by atomic mass is 10.1. The lowest BCUT2D eigenvalue weighted by Crippen LogP contribution is -2.27. The van der Waals surface area contributed by atoms with Gasteiger partial charge in [-0.1, -0.05) is 32.9 Å². The second kappa shape index (κ2) is 9.80. The summed E-state index contributed by atoms with van der Waals surface area (Å²) >= 11 is 0. The molecule has 0 heterocycles. The summed E-state index contributed by atoms with van der Waals surface area (Å²) in [6, 6.07) is 8.58. The second-order valence-corrected chi connectivity index (χ2v) is 6.17. The summed E-state index contributed by atoms with van der Waals surface area (Å²) in [6.07, 6.45) is 1.33. The molecule has 0 aliphatic carbocycles. The highest BCUT2D eigenvalue weighted by Crippen LogP contribution is 2.19. The van der Waals surface area contributed by atoms with E-state index in [0.717, 1.165) is 25.3 Å². The summed E-state index contributed by atoms with van der Waals surface area (Å²) in [7, 11) is 0. The van der Waals surface area contributed by atoms with Crippen molar-refractivity contribution in [3.8, 4) is 5.75 Å². The smallest absolute Gasteiger partial charge is 0.119 e. The number of hydrogen-bond donors (Lipinski definition) is 1. The summed E-state index contributed by atoms with van der Waals surface area (Å²) in [5.74, 6) is 1.49. The van der Waals surface area contributed by atoms with Gasteiger partial charge in [-0.15, -0.1) is 0 Å². The van der Waals surface area contributed by atoms with Gasteiger partial charge in [0.1, 0.15) is 5.75 Å². The predicted molar refractivity (Wildman–Crippen MR) is 88.9 cm³/mol. The third-order valence-electron chi connectivity index (χ3n) is 3.03. The Balaban J connectivity index is 2.63. The van der Waals surface area contributed by atoms with E-state index in [4.69, 9.17) is 9.47 Å².